The SMILES string of the molecule is CCC(C)NC(=O)C1C2CC3OC(=O)C1C3C2. The molecule has 0 aromatic heterocycles. The lowest BCUT2D eigenvalue weighted by Crippen LogP contribution is -2.43. The number of hydrogen-bond donors (Lipinski definition) is 1. The summed E-state index contributed by atoms with van der Waals surface area (Å²) in [5, 5.41) is 3.01. The molecular weight excluding hydrogens is 218 g/mol. The van der Waals surface area contributed by atoms with Crippen LogP contribution >= 0.6 is 0 Å². The summed E-state index contributed by atoms with van der Waals surface area (Å²) in [6, 6.07) is 0.190. The van der Waals surface area contributed by atoms with Gasteiger partial charge in [-0.15, -0.1) is 0 Å². The lowest BCUT2D eigenvalue weighted by Gasteiger charge is -2.25. The topological polar surface area (TPSA) is 55.4 Å². The first-order valence-corrected chi connectivity index (χ1v) is 6.62. The van der Waals surface area contributed by atoms with Crippen molar-refractivity contribution >= 4 is 11.9 Å². The lowest BCUT2D eigenvalue weighted by atomic mass is 9.79. The van der Waals surface area contributed by atoms with Crippen molar-refractivity contribution < 1.29 is 14.3 Å². The van der Waals surface area contributed by atoms with E-state index in [1.807, 2.05) is 13.8 Å². The summed E-state index contributed by atoms with van der Waals surface area (Å²) in [6.07, 6.45) is 2.93. The Labute approximate surface area is 101 Å². The summed E-state index contributed by atoms with van der Waals surface area (Å²) in [7, 11) is 0. The van der Waals surface area contributed by atoms with Crippen LogP contribution in [0.1, 0.15) is 33.1 Å². The van der Waals surface area contributed by atoms with E-state index >= 15 is 0 Å². The van der Waals surface area contributed by atoms with E-state index in [2.05, 4.69) is 5.32 Å². The Kier molecular flexibility index (Phi) is 2.42. The molecule has 0 radical (unpaired) electrons. The Morgan fingerprint density at radius 2 is 2.29 bits per heavy atom. The number of ether oxygens (including phenoxy) is 1. The molecule has 2 bridgehead atoms. The molecule has 0 aromatic carbocycles. The Bertz CT molecular complexity index is 366. The van der Waals surface area contributed by atoms with Crippen molar-refractivity contribution in [2.75, 3.05) is 0 Å². The van der Waals surface area contributed by atoms with Crippen molar-refractivity contribution in [1.29, 1.82) is 0 Å². The maximum absolute atomic E-state index is 12.2. The molecule has 94 valence electrons. The minimum Gasteiger partial charge on any atom is -0.462 e. The Balaban J connectivity index is 1.76. The molecule has 6 atom stereocenters. The average molecular weight is 237 g/mol. The van der Waals surface area contributed by atoms with Crippen LogP contribution in [0.2, 0.25) is 0 Å². The first kappa shape index (κ1) is 11.1. The van der Waals surface area contributed by atoms with Crippen LogP contribution in [0.4, 0.5) is 0 Å². The molecule has 1 saturated heterocycles. The molecule has 17 heavy (non-hydrogen) atoms. The molecule has 0 spiro atoms. The number of amides is 1. The van der Waals surface area contributed by atoms with Gasteiger partial charge in [-0.1, -0.05) is 6.92 Å². The van der Waals surface area contributed by atoms with E-state index in [0.29, 0.717) is 11.8 Å². The van der Waals surface area contributed by atoms with Gasteiger partial charge >= 0.3 is 5.97 Å². The van der Waals surface area contributed by atoms with Crippen molar-refractivity contribution in [1.82, 2.24) is 5.32 Å². The monoisotopic (exact) mass is 237 g/mol. The highest BCUT2D eigenvalue weighted by Crippen LogP contribution is 2.57. The molecule has 1 amide bonds. The van der Waals surface area contributed by atoms with Crippen LogP contribution in [0.15, 0.2) is 0 Å². The number of esters is 1. The van der Waals surface area contributed by atoms with E-state index in [0.717, 1.165) is 19.3 Å². The summed E-state index contributed by atoms with van der Waals surface area (Å²) in [4.78, 5) is 24.0. The molecule has 4 heteroatoms. The van der Waals surface area contributed by atoms with Crippen LogP contribution in [0.3, 0.4) is 0 Å². The standard InChI is InChI=1S/C13H19NO3/c1-3-6(2)14-12(15)10-7-4-8-9(5-7)17-13(16)11(8)10/h6-11H,3-5H2,1-2H3,(H,14,15). The zero-order valence-corrected chi connectivity index (χ0v) is 10.3. The number of carbonyl (C=O) groups excluding carboxylic acids is 2. The van der Waals surface area contributed by atoms with E-state index in [-0.39, 0.29) is 35.9 Å². The highest BCUT2D eigenvalue weighted by atomic mass is 16.6. The molecule has 3 fully saturated rings. The Hall–Kier alpha value is -1.06. The molecule has 4 nitrogen and oxygen atoms in total. The average Bonchev–Trinajstić information content (AvgIpc) is 2.88. The quantitative estimate of drug-likeness (QED) is 0.748. The van der Waals surface area contributed by atoms with Gasteiger partial charge in [-0.05, 0) is 32.1 Å². The summed E-state index contributed by atoms with van der Waals surface area (Å²) >= 11 is 0. The number of fused-ring (bicyclic) bond motifs is 1. The second kappa shape index (κ2) is 3.72. The number of nitrogens with one attached hydrogen (secondary N) is 1. The third kappa shape index (κ3) is 1.49. The van der Waals surface area contributed by atoms with Crippen LogP contribution in [-0.2, 0) is 14.3 Å². The van der Waals surface area contributed by atoms with E-state index in [4.69, 9.17) is 4.74 Å². The smallest absolute Gasteiger partial charge is 0.310 e. The fourth-order valence-corrected chi connectivity index (χ4v) is 3.80. The van der Waals surface area contributed by atoms with Gasteiger partial charge in [-0.3, -0.25) is 9.59 Å². The molecule has 2 saturated carbocycles. The highest BCUT2D eigenvalue weighted by molar-refractivity contribution is 5.88. The van der Waals surface area contributed by atoms with Gasteiger partial charge in [0, 0.05) is 12.0 Å². The van der Waals surface area contributed by atoms with Crippen LogP contribution in [0, 0.1) is 23.7 Å². The summed E-state index contributed by atoms with van der Waals surface area (Å²) < 4.78 is 5.33. The van der Waals surface area contributed by atoms with Gasteiger partial charge < -0.3 is 10.1 Å². The van der Waals surface area contributed by atoms with Gasteiger partial charge in [-0.2, -0.15) is 0 Å². The van der Waals surface area contributed by atoms with Crippen LogP contribution < -0.4 is 5.32 Å². The number of rotatable bonds is 3. The second-order valence-corrected chi connectivity index (χ2v) is 5.74. The normalized spacial score (nSPS) is 43.6. The molecule has 1 aliphatic heterocycles. The van der Waals surface area contributed by atoms with Crippen molar-refractivity contribution in [2.45, 2.75) is 45.3 Å². The van der Waals surface area contributed by atoms with Crippen molar-refractivity contribution in [2.24, 2.45) is 23.7 Å². The maximum atomic E-state index is 12.2. The molecule has 3 rings (SSSR count). The molecule has 3 aliphatic rings. The number of carbonyl (C=O) groups is 2. The van der Waals surface area contributed by atoms with E-state index in [9.17, 15) is 9.59 Å². The summed E-state index contributed by atoms with van der Waals surface area (Å²) in [5.41, 5.74) is 0. The number of hydrogen-bond acceptors (Lipinski definition) is 3. The third-order valence-corrected chi connectivity index (χ3v) is 4.79. The van der Waals surface area contributed by atoms with Gasteiger partial charge in [-0.25, -0.2) is 0 Å². The molecule has 2 aliphatic carbocycles. The summed E-state index contributed by atoms with van der Waals surface area (Å²) in [5.74, 6) is 0.340. The zero-order valence-electron chi connectivity index (χ0n) is 10.3. The van der Waals surface area contributed by atoms with E-state index in [1.54, 1.807) is 0 Å². The molecule has 6 unspecified atom stereocenters. The van der Waals surface area contributed by atoms with Gasteiger partial charge in [0.05, 0.1) is 11.8 Å². The van der Waals surface area contributed by atoms with Gasteiger partial charge in [0.2, 0.25) is 5.91 Å². The maximum Gasteiger partial charge on any atom is 0.310 e. The first-order chi connectivity index (χ1) is 8.11. The van der Waals surface area contributed by atoms with Gasteiger partial charge in [0.15, 0.2) is 0 Å². The lowest BCUT2D eigenvalue weighted by molar-refractivity contribution is -0.146. The minimum atomic E-state index is -0.150. The Morgan fingerprint density at radius 3 is 3.00 bits per heavy atom. The predicted molar refractivity (Wildman–Crippen MR) is 61.0 cm³/mol. The van der Waals surface area contributed by atoms with Crippen molar-refractivity contribution in [3.05, 3.63) is 0 Å². The largest absolute Gasteiger partial charge is 0.462 e. The van der Waals surface area contributed by atoms with Gasteiger partial charge in [0.25, 0.3) is 0 Å². The van der Waals surface area contributed by atoms with E-state index < -0.39 is 0 Å². The molecule has 1 N–H and O–H groups in total. The van der Waals surface area contributed by atoms with E-state index in [1.165, 1.54) is 0 Å². The van der Waals surface area contributed by atoms with Crippen LogP contribution in [0.25, 0.3) is 0 Å². The molecular formula is C13H19NO3. The predicted octanol–water partition coefficient (Wildman–Crippen LogP) is 1.10. The van der Waals surface area contributed by atoms with Crippen molar-refractivity contribution in [3.63, 3.8) is 0 Å². The highest BCUT2D eigenvalue weighted by Gasteiger charge is 2.63. The Morgan fingerprint density at radius 1 is 1.53 bits per heavy atom. The fourth-order valence-electron chi connectivity index (χ4n) is 3.80. The summed E-state index contributed by atoms with van der Waals surface area (Å²) in [6.45, 7) is 4.05. The molecule has 1 heterocycles. The van der Waals surface area contributed by atoms with Crippen molar-refractivity contribution in [3.8, 4) is 0 Å². The third-order valence-electron chi connectivity index (χ3n) is 4.79. The zero-order chi connectivity index (χ0) is 12.2. The molecule has 0 aromatic rings. The van der Waals surface area contributed by atoms with Crippen LogP contribution in [-0.4, -0.2) is 24.0 Å². The second-order valence-electron chi connectivity index (χ2n) is 5.74. The van der Waals surface area contributed by atoms with Gasteiger partial charge in [0.1, 0.15) is 6.10 Å². The first-order valence-electron chi connectivity index (χ1n) is 6.62. The fraction of sp³-hybridized carbons (Fsp3) is 0.846. The minimum absolute atomic E-state index is 0.0640. The van der Waals surface area contributed by atoms with Crippen LogP contribution in [0.5, 0.6) is 0 Å².